The van der Waals surface area contributed by atoms with Gasteiger partial charge >= 0.3 is 0 Å². The monoisotopic (exact) mass is 328 g/mol. The van der Waals surface area contributed by atoms with Gasteiger partial charge in [0.25, 0.3) is 0 Å². The molecule has 4 bridgehead atoms. The predicted octanol–water partition coefficient (Wildman–Crippen LogP) is 3.85. The molecule has 0 aromatic rings. The minimum atomic E-state index is 0.606. The van der Waals surface area contributed by atoms with E-state index in [1.807, 2.05) is 14.2 Å². The van der Waals surface area contributed by atoms with Crippen LogP contribution >= 0.6 is 0 Å². The van der Waals surface area contributed by atoms with Crippen molar-refractivity contribution in [2.24, 2.45) is 71.0 Å². The summed E-state index contributed by atoms with van der Waals surface area (Å²) in [5, 5.41) is 0. The highest BCUT2D eigenvalue weighted by Crippen LogP contribution is 2.81. The van der Waals surface area contributed by atoms with Crippen LogP contribution in [0.1, 0.15) is 38.5 Å². The highest BCUT2D eigenvalue weighted by molar-refractivity contribution is 5.25. The Labute approximate surface area is 146 Å². The minimum Gasteiger partial charge on any atom is -0.381 e. The van der Waals surface area contributed by atoms with Gasteiger partial charge in [-0.25, -0.2) is 0 Å². The summed E-state index contributed by atoms with van der Waals surface area (Å²) in [5.41, 5.74) is 0. The molecule has 7 aliphatic carbocycles. The van der Waals surface area contributed by atoms with Gasteiger partial charge < -0.3 is 9.47 Å². The van der Waals surface area contributed by atoms with E-state index in [-0.39, 0.29) is 0 Å². The van der Waals surface area contributed by atoms with Crippen LogP contribution in [0.25, 0.3) is 0 Å². The maximum Gasteiger partial charge on any atom is 0.0605 e. The van der Waals surface area contributed by atoms with Gasteiger partial charge in [0.05, 0.1) is 12.2 Å². The summed E-state index contributed by atoms with van der Waals surface area (Å²) in [6, 6.07) is 0. The zero-order valence-electron chi connectivity index (χ0n) is 15.1. The van der Waals surface area contributed by atoms with E-state index in [4.69, 9.17) is 9.47 Å². The van der Waals surface area contributed by atoms with E-state index in [9.17, 15) is 0 Å². The van der Waals surface area contributed by atoms with Gasteiger partial charge in [0.1, 0.15) is 0 Å². The fourth-order valence-corrected chi connectivity index (χ4v) is 10.9. The molecule has 2 heteroatoms. The first-order valence-electron chi connectivity index (χ1n) is 10.9. The van der Waals surface area contributed by atoms with Gasteiger partial charge in [-0.05, 0) is 110 Å². The molecule has 0 heterocycles. The molecule has 7 aliphatic rings. The molecule has 0 amide bonds. The Morgan fingerprint density at radius 1 is 0.458 bits per heavy atom. The molecule has 0 spiro atoms. The molecule has 0 N–H and O–H groups in total. The molecule has 0 aromatic heterocycles. The number of fused-ring (bicyclic) bond motifs is 18. The molecule has 24 heavy (non-hydrogen) atoms. The van der Waals surface area contributed by atoms with Crippen LogP contribution in [-0.2, 0) is 9.47 Å². The summed E-state index contributed by atoms with van der Waals surface area (Å²) in [6.45, 7) is 0. The predicted molar refractivity (Wildman–Crippen MR) is 91.2 cm³/mol. The molecule has 0 unspecified atom stereocenters. The molecular formula is C22H32O2. The van der Waals surface area contributed by atoms with E-state index < -0.39 is 0 Å². The molecule has 2 nitrogen and oxygen atoms in total. The van der Waals surface area contributed by atoms with Crippen molar-refractivity contribution in [3.05, 3.63) is 0 Å². The summed E-state index contributed by atoms with van der Waals surface area (Å²) < 4.78 is 11.9. The minimum absolute atomic E-state index is 0.606. The second-order valence-electron chi connectivity index (χ2n) is 10.6. The largest absolute Gasteiger partial charge is 0.381 e. The maximum atomic E-state index is 5.94. The normalized spacial score (nSPS) is 70.2. The van der Waals surface area contributed by atoms with E-state index in [1.165, 1.54) is 25.7 Å². The van der Waals surface area contributed by atoms with E-state index in [2.05, 4.69) is 0 Å². The Bertz CT molecular complexity index is 524. The first kappa shape index (κ1) is 14.0. The molecule has 132 valence electrons. The molecule has 0 saturated heterocycles. The Morgan fingerprint density at radius 2 is 0.875 bits per heavy atom. The van der Waals surface area contributed by atoms with Crippen LogP contribution in [0.5, 0.6) is 0 Å². The average molecular weight is 328 g/mol. The van der Waals surface area contributed by atoms with Gasteiger partial charge in [-0.3, -0.25) is 0 Å². The highest BCUT2D eigenvalue weighted by Gasteiger charge is 2.77. The summed E-state index contributed by atoms with van der Waals surface area (Å²) >= 11 is 0. The first-order chi connectivity index (χ1) is 11.8. The third-order valence-corrected chi connectivity index (χ3v) is 11.0. The summed E-state index contributed by atoms with van der Waals surface area (Å²) in [6.07, 6.45) is 10.1. The smallest absolute Gasteiger partial charge is 0.0605 e. The van der Waals surface area contributed by atoms with E-state index >= 15 is 0 Å². The summed E-state index contributed by atoms with van der Waals surface area (Å²) in [7, 11) is 3.95. The van der Waals surface area contributed by atoms with Crippen molar-refractivity contribution in [2.45, 2.75) is 50.7 Å². The van der Waals surface area contributed by atoms with Gasteiger partial charge in [-0.2, -0.15) is 0 Å². The zero-order valence-corrected chi connectivity index (χ0v) is 15.1. The summed E-state index contributed by atoms with van der Waals surface area (Å²) in [5.74, 6) is 12.8. The lowest BCUT2D eigenvalue weighted by Crippen LogP contribution is -2.59. The van der Waals surface area contributed by atoms with Crippen molar-refractivity contribution in [3.8, 4) is 0 Å². The number of rotatable bonds is 2. The standard InChI is InChI=1S/C22H32O2/c1-23-15-5-3-9-11-7-13(17(9)15)21-19(11)20-12-8-14(22(20)21)18-10(12)4-6-16(18)24-2/h9-22H,3-8H2,1-2H3/t9-,10-,11-,12-,13+,14+,15-,16-,17-,18-,19+,20+,21+,22+/m0/s1. The van der Waals surface area contributed by atoms with Crippen molar-refractivity contribution >= 4 is 0 Å². The fraction of sp³-hybridized carbons (Fsp3) is 1.00. The number of methoxy groups -OCH3 is 2. The van der Waals surface area contributed by atoms with E-state index in [0.717, 1.165) is 71.0 Å². The Balaban J connectivity index is 1.23. The molecular weight excluding hydrogens is 296 g/mol. The second kappa shape index (κ2) is 4.42. The SMILES string of the molecule is CO[C@H]1CC[C@H]2[C@@H]3C[C@@H]([C@@H]4[C@H]3[C@H]3[C@H]5C[C@@H]([C@H]34)[C@@H]3[C@H]5CC[C@@H]3OC)[C@H]21. The van der Waals surface area contributed by atoms with Crippen LogP contribution in [-0.4, -0.2) is 26.4 Å². The highest BCUT2D eigenvalue weighted by atomic mass is 16.5. The van der Waals surface area contributed by atoms with Gasteiger partial charge in [0, 0.05) is 14.2 Å². The fourth-order valence-electron chi connectivity index (χ4n) is 10.9. The van der Waals surface area contributed by atoms with Gasteiger partial charge in [-0.1, -0.05) is 0 Å². The Kier molecular flexibility index (Phi) is 2.58. The van der Waals surface area contributed by atoms with E-state index in [1.54, 1.807) is 12.8 Å². The van der Waals surface area contributed by atoms with Crippen molar-refractivity contribution < 1.29 is 9.47 Å². The summed E-state index contributed by atoms with van der Waals surface area (Å²) in [4.78, 5) is 0. The van der Waals surface area contributed by atoms with Crippen molar-refractivity contribution in [2.75, 3.05) is 14.2 Å². The van der Waals surface area contributed by atoms with Crippen LogP contribution in [0.4, 0.5) is 0 Å². The average Bonchev–Trinajstić information content (AvgIpc) is 3.34. The van der Waals surface area contributed by atoms with Gasteiger partial charge in [-0.15, -0.1) is 0 Å². The maximum absolute atomic E-state index is 5.94. The molecule has 7 rings (SSSR count). The zero-order chi connectivity index (χ0) is 15.7. The van der Waals surface area contributed by atoms with Crippen LogP contribution < -0.4 is 0 Å². The number of hydrogen-bond acceptors (Lipinski definition) is 2. The van der Waals surface area contributed by atoms with Crippen LogP contribution in [0.3, 0.4) is 0 Å². The van der Waals surface area contributed by atoms with Gasteiger partial charge in [0.2, 0.25) is 0 Å². The first-order valence-corrected chi connectivity index (χ1v) is 10.9. The molecule has 0 aliphatic heterocycles. The van der Waals surface area contributed by atoms with Crippen LogP contribution in [0.15, 0.2) is 0 Å². The number of hydrogen-bond donors (Lipinski definition) is 0. The lowest BCUT2D eigenvalue weighted by Gasteiger charge is -2.61. The van der Waals surface area contributed by atoms with Crippen LogP contribution in [0, 0.1) is 71.0 Å². The Hall–Kier alpha value is -0.0800. The third kappa shape index (κ3) is 1.30. The molecule has 7 saturated carbocycles. The van der Waals surface area contributed by atoms with E-state index in [0.29, 0.717) is 12.2 Å². The lowest BCUT2D eigenvalue weighted by atomic mass is 9.43. The second-order valence-corrected chi connectivity index (χ2v) is 10.6. The van der Waals surface area contributed by atoms with Crippen LogP contribution in [0.2, 0.25) is 0 Å². The van der Waals surface area contributed by atoms with Crippen molar-refractivity contribution in [3.63, 3.8) is 0 Å². The quantitative estimate of drug-likeness (QED) is 0.717. The molecule has 0 aromatic carbocycles. The van der Waals surface area contributed by atoms with Crippen molar-refractivity contribution in [1.29, 1.82) is 0 Å². The lowest BCUT2D eigenvalue weighted by molar-refractivity contribution is -0.158. The molecule has 0 radical (unpaired) electrons. The molecule has 7 fully saturated rings. The number of ether oxygens (including phenoxy) is 2. The van der Waals surface area contributed by atoms with Crippen molar-refractivity contribution in [1.82, 2.24) is 0 Å². The van der Waals surface area contributed by atoms with Gasteiger partial charge in [0.15, 0.2) is 0 Å². The third-order valence-electron chi connectivity index (χ3n) is 11.0. The topological polar surface area (TPSA) is 18.5 Å². The Morgan fingerprint density at radius 3 is 1.29 bits per heavy atom. The molecule has 14 atom stereocenters.